The van der Waals surface area contributed by atoms with E-state index in [0.29, 0.717) is 11.0 Å². The Morgan fingerprint density at radius 1 is 1.36 bits per heavy atom. The molecule has 1 aliphatic carbocycles. The molecule has 0 radical (unpaired) electrons. The van der Waals surface area contributed by atoms with Crippen LogP contribution in [0.5, 0.6) is 5.88 Å². The van der Waals surface area contributed by atoms with Gasteiger partial charge in [-0.3, -0.25) is 0 Å². The fraction of sp³-hybridized carbons (Fsp3) is 0.455. The van der Waals surface area contributed by atoms with Crippen molar-refractivity contribution in [3.8, 4) is 5.88 Å². The molecular weight excluding hydrogens is 520 g/mol. The molecule has 0 fully saturated rings. The Labute approximate surface area is 205 Å². The highest BCUT2D eigenvalue weighted by Crippen LogP contribution is 2.44. The number of methoxy groups -OCH3 is 1. The first-order chi connectivity index (χ1) is 15.6. The van der Waals surface area contributed by atoms with Crippen molar-refractivity contribution in [1.82, 2.24) is 19.6 Å². The van der Waals surface area contributed by atoms with Gasteiger partial charge in [-0.15, -0.1) is 0 Å². The van der Waals surface area contributed by atoms with E-state index in [0.717, 1.165) is 29.6 Å². The van der Waals surface area contributed by atoms with Crippen LogP contribution in [0.15, 0.2) is 22.8 Å². The van der Waals surface area contributed by atoms with E-state index in [-0.39, 0.29) is 27.2 Å². The predicted molar refractivity (Wildman–Crippen MR) is 129 cm³/mol. The number of fused-ring (bicyclic) bond motifs is 3. The maximum Gasteiger partial charge on any atom is 0.265 e. The van der Waals surface area contributed by atoms with E-state index in [1.807, 2.05) is 13.8 Å². The highest BCUT2D eigenvalue weighted by atomic mass is 79.9. The molecule has 0 aromatic carbocycles. The minimum absolute atomic E-state index is 0.0834. The van der Waals surface area contributed by atoms with Gasteiger partial charge >= 0.3 is 0 Å². The molecule has 180 valence electrons. The number of nitrogens with one attached hydrogen (secondary N) is 1. The molecule has 3 aromatic heterocycles. The Kier molecular flexibility index (Phi) is 9.13. The predicted octanol–water partition coefficient (Wildman–Crippen LogP) is 6.20. The smallest absolute Gasteiger partial charge is 0.265 e. The second-order valence-electron chi connectivity index (χ2n) is 7.60. The van der Waals surface area contributed by atoms with Gasteiger partial charge in [0.2, 0.25) is 5.88 Å². The molecule has 7 nitrogen and oxygen atoms in total. The summed E-state index contributed by atoms with van der Waals surface area (Å²) in [6, 6.07) is 3.00. The lowest BCUT2D eigenvalue weighted by Gasteiger charge is -2.19. The Morgan fingerprint density at radius 2 is 2.03 bits per heavy atom. The molecule has 33 heavy (non-hydrogen) atoms. The first kappa shape index (κ1) is 26.9. The van der Waals surface area contributed by atoms with Crippen LogP contribution in [0, 0.1) is 0 Å². The average molecular weight is 547 g/mol. The van der Waals surface area contributed by atoms with E-state index < -0.39 is 6.43 Å². The lowest BCUT2D eigenvalue weighted by molar-refractivity contribution is -0.109. The third kappa shape index (κ3) is 5.60. The van der Waals surface area contributed by atoms with Gasteiger partial charge in [-0.1, -0.05) is 39.3 Å². The standard InChI is InChI=1S/C12H12ClN3O.C8H9BrF2N2O.C2H6/c1-12(2)4-7(6-17)8-5-14-10-3-9(13)15-16(10)11(8)12;1-12-5-3-4(7(10)11)6(9)8(13-5)14-2;1-2/h3,5-7H,4H2,1-2H3;3,7H,1-2H3,(H,12,13);1-2H3. The molecule has 3 aromatic rings. The molecular formula is C22H27BrClF2N5O2. The summed E-state index contributed by atoms with van der Waals surface area (Å²) in [5.41, 5.74) is 2.52. The van der Waals surface area contributed by atoms with Crippen LogP contribution in [0.3, 0.4) is 0 Å². The number of anilines is 1. The largest absolute Gasteiger partial charge is 0.480 e. The molecule has 1 unspecified atom stereocenters. The summed E-state index contributed by atoms with van der Waals surface area (Å²) in [7, 11) is 2.98. The van der Waals surface area contributed by atoms with Crippen LogP contribution in [0.2, 0.25) is 5.15 Å². The van der Waals surface area contributed by atoms with Crippen molar-refractivity contribution in [2.75, 3.05) is 19.5 Å². The van der Waals surface area contributed by atoms with Crippen molar-refractivity contribution in [2.45, 2.75) is 51.9 Å². The zero-order valence-corrected chi connectivity index (χ0v) is 21.6. The van der Waals surface area contributed by atoms with Gasteiger partial charge < -0.3 is 14.8 Å². The number of alkyl halides is 2. The summed E-state index contributed by atoms with van der Waals surface area (Å²) in [6.07, 6.45) is 1.00. The van der Waals surface area contributed by atoms with Crippen molar-refractivity contribution < 1.29 is 18.3 Å². The number of hydrogen-bond acceptors (Lipinski definition) is 6. The van der Waals surface area contributed by atoms with Crippen LogP contribution < -0.4 is 10.1 Å². The number of hydrogen-bond donors (Lipinski definition) is 1. The van der Waals surface area contributed by atoms with E-state index in [2.05, 4.69) is 50.2 Å². The van der Waals surface area contributed by atoms with Gasteiger partial charge in [0, 0.05) is 41.8 Å². The fourth-order valence-corrected chi connectivity index (χ4v) is 4.40. The fourth-order valence-electron chi connectivity index (χ4n) is 3.69. The number of nitrogens with zero attached hydrogens (tertiary/aromatic N) is 4. The van der Waals surface area contributed by atoms with Crippen LogP contribution in [-0.2, 0) is 10.2 Å². The van der Waals surface area contributed by atoms with Crippen molar-refractivity contribution in [2.24, 2.45) is 0 Å². The van der Waals surface area contributed by atoms with Gasteiger partial charge in [0.05, 0.1) is 17.3 Å². The van der Waals surface area contributed by atoms with Gasteiger partial charge in [-0.05, 0) is 28.4 Å². The highest BCUT2D eigenvalue weighted by Gasteiger charge is 2.39. The first-order valence-electron chi connectivity index (χ1n) is 10.3. The second kappa shape index (κ2) is 11.2. The summed E-state index contributed by atoms with van der Waals surface area (Å²) in [4.78, 5) is 19.3. The highest BCUT2D eigenvalue weighted by molar-refractivity contribution is 9.10. The Balaban J connectivity index is 0.000000222. The van der Waals surface area contributed by atoms with E-state index >= 15 is 0 Å². The van der Waals surface area contributed by atoms with E-state index in [9.17, 15) is 13.6 Å². The third-order valence-electron chi connectivity index (χ3n) is 5.06. The maximum atomic E-state index is 12.5. The molecule has 4 rings (SSSR count). The number of halogens is 4. The van der Waals surface area contributed by atoms with Crippen LogP contribution in [0.25, 0.3) is 5.65 Å². The Morgan fingerprint density at radius 3 is 2.58 bits per heavy atom. The number of carbonyl (C=O) groups is 1. The molecule has 3 heterocycles. The molecule has 1 N–H and O–H groups in total. The Bertz CT molecular complexity index is 1120. The van der Waals surface area contributed by atoms with E-state index in [1.54, 1.807) is 23.8 Å². The quantitative estimate of drug-likeness (QED) is 0.392. The molecule has 1 atom stereocenters. The molecule has 0 bridgehead atoms. The number of aldehydes is 1. The van der Waals surface area contributed by atoms with Gasteiger partial charge in [-0.2, -0.15) is 10.1 Å². The zero-order valence-electron chi connectivity index (χ0n) is 19.3. The van der Waals surface area contributed by atoms with Crippen molar-refractivity contribution in [3.05, 3.63) is 44.8 Å². The number of aromatic nitrogens is 4. The Hall–Kier alpha value is -2.33. The van der Waals surface area contributed by atoms with Crippen molar-refractivity contribution in [3.63, 3.8) is 0 Å². The zero-order chi connectivity index (χ0) is 24.9. The van der Waals surface area contributed by atoms with Crippen LogP contribution in [0.4, 0.5) is 14.6 Å². The van der Waals surface area contributed by atoms with Gasteiger partial charge in [0.15, 0.2) is 10.8 Å². The second-order valence-corrected chi connectivity index (χ2v) is 8.78. The minimum Gasteiger partial charge on any atom is -0.480 e. The lowest BCUT2D eigenvalue weighted by atomic mass is 9.89. The number of rotatable bonds is 4. The summed E-state index contributed by atoms with van der Waals surface area (Å²) in [5, 5.41) is 7.36. The van der Waals surface area contributed by atoms with Gasteiger partial charge in [0.25, 0.3) is 6.43 Å². The van der Waals surface area contributed by atoms with Crippen LogP contribution in [-0.4, -0.2) is 40.0 Å². The molecule has 0 aliphatic heterocycles. The van der Waals surface area contributed by atoms with Crippen LogP contribution in [0.1, 0.15) is 63.3 Å². The van der Waals surface area contributed by atoms with E-state index in [4.69, 9.17) is 16.3 Å². The maximum absolute atomic E-state index is 12.5. The molecule has 11 heteroatoms. The molecule has 0 spiro atoms. The molecule has 1 aliphatic rings. The molecule has 0 saturated heterocycles. The normalized spacial score (nSPS) is 15.8. The molecule has 0 saturated carbocycles. The number of carbonyl (C=O) groups excluding carboxylic acids is 1. The summed E-state index contributed by atoms with van der Waals surface area (Å²) in [6.45, 7) is 8.23. The summed E-state index contributed by atoms with van der Waals surface area (Å²) in [5.74, 6) is 0.410. The average Bonchev–Trinajstić information content (AvgIpc) is 3.30. The summed E-state index contributed by atoms with van der Waals surface area (Å²) < 4.78 is 31.8. The topological polar surface area (TPSA) is 81.4 Å². The van der Waals surface area contributed by atoms with Crippen LogP contribution >= 0.6 is 27.5 Å². The van der Waals surface area contributed by atoms with Crippen molar-refractivity contribution in [1.29, 1.82) is 0 Å². The van der Waals surface area contributed by atoms with Gasteiger partial charge in [0.1, 0.15) is 12.1 Å². The molecule has 0 amide bonds. The first-order valence-corrected chi connectivity index (χ1v) is 11.5. The third-order valence-corrected chi connectivity index (χ3v) is 6.04. The minimum atomic E-state index is -2.56. The van der Waals surface area contributed by atoms with Gasteiger partial charge in [-0.25, -0.2) is 18.3 Å². The summed E-state index contributed by atoms with van der Waals surface area (Å²) >= 11 is 8.92. The number of ether oxygens (including phenoxy) is 1. The SMILES string of the molecule is CC.CC1(C)CC(C=O)c2cnc3cc(Cl)nn3c21.CNc1cc(C(F)F)c(Br)c(OC)n1. The van der Waals surface area contributed by atoms with E-state index in [1.165, 1.54) is 13.2 Å². The van der Waals surface area contributed by atoms with Crippen molar-refractivity contribution >= 4 is 45.3 Å². The lowest BCUT2D eigenvalue weighted by Crippen LogP contribution is -2.17. The number of pyridine rings is 1. The monoisotopic (exact) mass is 545 g/mol.